The Morgan fingerprint density at radius 1 is 1.18 bits per heavy atom. The molecule has 0 bridgehead atoms. The Hall–Kier alpha value is -2.22. The van der Waals surface area contributed by atoms with E-state index in [-0.39, 0.29) is 11.7 Å². The number of halogens is 2. The Balaban J connectivity index is 1.69. The number of amides is 1. The molecule has 0 fully saturated rings. The van der Waals surface area contributed by atoms with Gasteiger partial charge in [0.25, 0.3) is 0 Å². The topological polar surface area (TPSA) is 69.0 Å². The van der Waals surface area contributed by atoms with Crippen LogP contribution in [-0.4, -0.2) is 33.0 Å². The molecule has 1 amide bonds. The van der Waals surface area contributed by atoms with E-state index in [9.17, 15) is 4.79 Å². The predicted molar refractivity (Wildman–Crippen MR) is 113 cm³/mol. The third kappa shape index (κ3) is 4.98. The van der Waals surface area contributed by atoms with Crippen LogP contribution in [0, 0.1) is 0 Å². The maximum absolute atomic E-state index is 12.2. The number of rotatable bonds is 7. The van der Waals surface area contributed by atoms with Gasteiger partial charge in [-0.05, 0) is 37.3 Å². The fourth-order valence-corrected chi connectivity index (χ4v) is 3.80. The van der Waals surface area contributed by atoms with Crippen LogP contribution >= 0.6 is 35.0 Å². The summed E-state index contributed by atoms with van der Waals surface area (Å²) in [5.74, 6) is 1.40. The fraction of sp³-hybridized carbons (Fsp3) is 0.211. The molecule has 1 aromatic heterocycles. The number of carbonyl (C=O) groups is 1. The van der Waals surface area contributed by atoms with Gasteiger partial charge in [-0.2, -0.15) is 0 Å². The lowest BCUT2D eigenvalue weighted by Crippen LogP contribution is -2.14. The number of benzene rings is 2. The number of aromatic nitrogens is 3. The quantitative estimate of drug-likeness (QED) is 0.532. The maximum atomic E-state index is 12.2. The average molecular weight is 437 g/mol. The minimum Gasteiger partial charge on any atom is -0.493 e. The van der Waals surface area contributed by atoms with E-state index >= 15 is 0 Å². The molecule has 9 heteroatoms. The smallest absolute Gasteiger partial charge is 0.234 e. The van der Waals surface area contributed by atoms with E-state index in [0.717, 1.165) is 11.3 Å². The van der Waals surface area contributed by atoms with Crippen LogP contribution in [0.1, 0.15) is 6.92 Å². The Labute approximate surface area is 177 Å². The van der Waals surface area contributed by atoms with Gasteiger partial charge in [0.2, 0.25) is 5.91 Å². The number of para-hydroxylation sites is 1. The highest BCUT2D eigenvalue weighted by atomic mass is 35.5. The Kier molecular flexibility index (Phi) is 6.83. The lowest BCUT2D eigenvalue weighted by molar-refractivity contribution is -0.113. The third-order valence-corrected chi connectivity index (χ3v) is 5.20. The summed E-state index contributed by atoms with van der Waals surface area (Å²) in [5.41, 5.74) is 1.40. The summed E-state index contributed by atoms with van der Waals surface area (Å²) in [6.07, 6.45) is 0. The second-order valence-corrected chi connectivity index (χ2v) is 7.60. The van der Waals surface area contributed by atoms with Crippen LogP contribution in [0.2, 0.25) is 10.0 Å². The second kappa shape index (κ2) is 9.32. The van der Waals surface area contributed by atoms with Crippen molar-refractivity contribution in [3.8, 4) is 17.1 Å². The van der Waals surface area contributed by atoms with Gasteiger partial charge in [-0.25, -0.2) is 0 Å². The van der Waals surface area contributed by atoms with Crippen molar-refractivity contribution < 1.29 is 9.53 Å². The van der Waals surface area contributed by atoms with Gasteiger partial charge in [-0.1, -0.05) is 47.1 Å². The van der Waals surface area contributed by atoms with Crippen molar-refractivity contribution in [2.75, 3.05) is 17.7 Å². The number of nitrogens with zero attached hydrogens (tertiary/aromatic N) is 3. The molecule has 28 heavy (non-hydrogen) atoms. The number of nitrogens with one attached hydrogen (secondary N) is 1. The molecule has 1 heterocycles. The summed E-state index contributed by atoms with van der Waals surface area (Å²) < 4.78 is 7.51. The van der Waals surface area contributed by atoms with Gasteiger partial charge in [-0.3, -0.25) is 4.79 Å². The molecule has 0 radical (unpaired) electrons. The van der Waals surface area contributed by atoms with Crippen LogP contribution in [0.5, 0.6) is 5.75 Å². The molecule has 3 aromatic rings. The number of carbonyl (C=O) groups excluding carboxylic acids is 1. The SMILES string of the molecule is CCOc1ccccc1-c1nnc(SCC(=O)Nc2cc(Cl)cc(Cl)c2)n1C. The van der Waals surface area contributed by atoms with Crippen molar-refractivity contribution in [3.05, 3.63) is 52.5 Å². The summed E-state index contributed by atoms with van der Waals surface area (Å²) in [4.78, 5) is 12.2. The summed E-state index contributed by atoms with van der Waals surface area (Å²) >= 11 is 13.2. The van der Waals surface area contributed by atoms with Crippen LogP contribution in [0.3, 0.4) is 0 Å². The van der Waals surface area contributed by atoms with Crippen LogP contribution in [0.15, 0.2) is 47.6 Å². The van der Waals surface area contributed by atoms with Crippen molar-refractivity contribution in [1.29, 1.82) is 0 Å². The molecule has 0 atom stereocenters. The molecule has 0 unspecified atom stereocenters. The van der Waals surface area contributed by atoms with Gasteiger partial charge in [0.15, 0.2) is 11.0 Å². The van der Waals surface area contributed by atoms with Crippen molar-refractivity contribution >= 4 is 46.6 Å². The van der Waals surface area contributed by atoms with E-state index in [1.165, 1.54) is 11.8 Å². The first-order valence-corrected chi connectivity index (χ1v) is 10.2. The first kappa shape index (κ1) is 20.5. The van der Waals surface area contributed by atoms with Gasteiger partial charge in [0, 0.05) is 22.8 Å². The number of ether oxygens (including phenoxy) is 1. The highest BCUT2D eigenvalue weighted by molar-refractivity contribution is 7.99. The van der Waals surface area contributed by atoms with Crippen LogP contribution < -0.4 is 10.1 Å². The molecular formula is C19H18Cl2N4O2S. The van der Waals surface area contributed by atoms with Crippen LogP contribution in [0.25, 0.3) is 11.4 Å². The van der Waals surface area contributed by atoms with Crippen LogP contribution in [0.4, 0.5) is 5.69 Å². The number of thioether (sulfide) groups is 1. The normalized spacial score (nSPS) is 10.7. The largest absolute Gasteiger partial charge is 0.493 e. The Bertz CT molecular complexity index is 974. The molecule has 0 aliphatic heterocycles. The van der Waals surface area contributed by atoms with Crippen LogP contribution in [-0.2, 0) is 11.8 Å². The third-order valence-electron chi connectivity index (χ3n) is 3.74. The zero-order valence-corrected chi connectivity index (χ0v) is 17.6. The van der Waals surface area contributed by atoms with E-state index in [1.807, 2.05) is 42.8 Å². The molecule has 3 rings (SSSR count). The fourth-order valence-electron chi connectivity index (χ4n) is 2.56. The molecule has 0 aliphatic carbocycles. The first-order valence-electron chi connectivity index (χ1n) is 8.48. The standard InChI is InChI=1S/C19H18Cl2N4O2S/c1-3-27-16-7-5-4-6-15(16)18-23-24-19(25(18)2)28-11-17(26)22-14-9-12(20)8-13(21)10-14/h4-10H,3,11H2,1-2H3,(H,22,26). The molecule has 0 aliphatic rings. The first-order chi connectivity index (χ1) is 13.5. The molecule has 1 N–H and O–H groups in total. The molecule has 0 spiro atoms. The van der Waals surface area contributed by atoms with Gasteiger partial charge in [0.1, 0.15) is 5.75 Å². The zero-order chi connectivity index (χ0) is 20.1. The van der Waals surface area contributed by atoms with E-state index in [0.29, 0.717) is 33.3 Å². The van der Waals surface area contributed by atoms with Gasteiger partial charge in [-0.15, -0.1) is 10.2 Å². The van der Waals surface area contributed by atoms with E-state index in [4.69, 9.17) is 27.9 Å². The molecule has 0 saturated heterocycles. The van der Waals surface area contributed by atoms with Gasteiger partial charge >= 0.3 is 0 Å². The summed E-state index contributed by atoms with van der Waals surface area (Å²) in [5, 5.41) is 12.8. The van der Waals surface area contributed by atoms with Gasteiger partial charge in [0.05, 0.1) is 17.9 Å². The molecular weight excluding hydrogens is 419 g/mol. The van der Waals surface area contributed by atoms with E-state index < -0.39 is 0 Å². The summed E-state index contributed by atoms with van der Waals surface area (Å²) in [6, 6.07) is 12.5. The second-order valence-electron chi connectivity index (χ2n) is 5.79. The van der Waals surface area contributed by atoms with Gasteiger partial charge < -0.3 is 14.6 Å². The Morgan fingerprint density at radius 2 is 1.89 bits per heavy atom. The van der Waals surface area contributed by atoms with Crippen molar-refractivity contribution in [2.45, 2.75) is 12.1 Å². The van der Waals surface area contributed by atoms with Crippen molar-refractivity contribution in [2.24, 2.45) is 7.05 Å². The number of hydrogen-bond acceptors (Lipinski definition) is 5. The highest BCUT2D eigenvalue weighted by Crippen LogP contribution is 2.30. The minimum absolute atomic E-state index is 0.170. The predicted octanol–water partition coefficient (Wildman–Crippen LogP) is 4.92. The van der Waals surface area contributed by atoms with Crippen molar-refractivity contribution in [1.82, 2.24) is 14.8 Å². The molecule has 2 aromatic carbocycles. The Morgan fingerprint density at radius 3 is 2.61 bits per heavy atom. The summed E-state index contributed by atoms with van der Waals surface area (Å²) in [7, 11) is 1.86. The minimum atomic E-state index is -0.192. The zero-order valence-electron chi connectivity index (χ0n) is 15.3. The molecule has 6 nitrogen and oxygen atoms in total. The highest BCUT2D eigenvalue weighted by Gasteiger charge is 2.16. The number of anilines is 1. The van der Waals surface area contributed by atoms with E-state index in [2.05, 4.69) is 15.5 Å². The lowest BCUT2D eigenvalue weighted by atomic mass is 10.2. The maximum Gasteiger partial charge on any atom is 0.234 e. The summed E-state index contributed by atoms with van der Waals surface area (Å²) in [6.45, 7) is 2.49. The van der Waals surface area contributed by atoms with Crippen molar-refractivity contribution in [3.63, 3.8) is 0 Å². The molecule has 0 saturated carbocycles. The molecule has 146 valence electrons. The lowest BCUT2D eigenvalue weighted by Gasteiger charge is -2.10. The average Bonchev–Trinajstić information content (AvgIpc) is 3.00. The number of hydrogen-bond donors (Lipinski definition) is 1. The van der Waals surface area contributed by atoms with E-state index in [1.54, 1.807) is 18.2 Å². The monoisotopic (exact) mass is 436 g/mol.